The van der Waals surface area contributed by atoms with Crippen LogP contribution in [-0.2, 0) is 0 Å². The molecule has 1 aromatic carbocycles. The van der Waals surface area contributed by atoms with Gasteiger partial charge in [0, 0.05) is 6.42 Å². The van der Waals surface area contributed by atoms with Crippen molar-refractivity contribution >= 4 is 0 Å². The van der Waals surface area contributed by atoms with Crippen LogP contribution in [0.25, 0.3) is 0 Å². The number of rotatable bonds is 2. The fourth-order valence-electron chi connectivity index (χ4n) is 3.20. The molecule has 1 heterocycles. The van der Waals surface area contributed by atoms with Gasteiger partial charge in [-0.15, -0.1) is 0 Å². The summed E-state index contributed by atoms with van der Waals surface area (Å²) in [6, 6.07) is 5.46. The van der Waals surface area contributed by atoms with Gasteiger partial charge in [-0.25, -0.2) is 0 Å². The van der Waals surface area contributed by atoms with Gasteiger partial charge in [-0.2, -0.15) is 0 Å². The van der Waals surface area contributed by atoms with Gasteiger partial charge in [0.05, 0.1) is 18.8 Å². The Morgan fingerprint density at radius 2 is 1.81 bits per heavy atom. The van der Waals surface area contributed by atoms with Gasteiger partial charge in [0.2, 0.25) is 0 Å². The van der Waals surface area contributed by atoms with Crippen LogP contribution in [0.3, 0.4) is 0 Å². The molecule has 1 unspecified atom stereocenters. The molecule has 0 amide bonds. The lowest BCUT2D eigenvalue weighted by Gasteiger charge is -2.38. The Bertz CT molecular complexity index is 492. The van der Waals surface area contributed by atoms with Crippen molar-refractivity contribution < 1.29 is 19.7 Å². The fourth-order valence-corrected chi connectivity index (χ4v) is 3.20. The van der Waals surface area contributed by atoms with Crippen molar-refractivity contribution in [3.63, 3.8) is 0 Å². The average molecular weight is 292 g/mol. The summed E-state index contributed by atoms with van der Waals surface area (Å²) in [5.41, 5.74) is -0.317. The lowest BCUT2D eigenvalue weighted by molar-refractivity contribution is -0.105. The second-order valence-corrected chi connectivity index (χ2v) is 6.45. The van der Waals surface area contributed by atoms with Gasteiger partial charge < -0.3 is 19.7 Å². The first kappa shape index (κ1) is 14.7. The lowest BCUT2D eigenvalue weighted by Crippen LogP contribution is -2.39. The highest BCUT2D eigenvalue weighted by molar-refractivity contribution is 5.44. The number of hydrogen-bond acceptors (Lipinski definition) is 4. The summed E-state index contributed by atoms with van der Waals surface area (Å²) in [5.74, 6) is 2.01. The normalized spacial score (nSPS) is 30.5. The summed E-state index contributed by atoms with van der Waals surface area (Å²) < 4.78 is 11.3. The standard InChI is InChI=1S/C17H24O4/c1-12-5-7-17(19,8-6-12)16(18)13-3-4-14-15(11-13)21-10-2-9-20-14/h3-4,11-12,16,18-19H,2,5-10H2,1H3. The molecule has 0 saturated heterocycles. The number of hydrogen-bond donors (Lipinski definition) is 2. The monoisotopic (exact) mass is 292 g/mol. The molecular formula is C17H24O4. The highest BCUT2D eigenvalue weighted by Gasteiger charge is 2.39. The van der Waals surface area contributed by atoms with E-state index < -0.39 is 11.7 Å². The molecule has 1 fully saturated rings. The molecule has 2 N–H and O–H groups in total. The molecule has 1 aliphatic carbocycles. The Hall–Kier alpha value is -1.26. The number of ether oxygens (including phenoxy) is 2. The van der Waals surface area contributed by atoms with Crippen molar-refractivity contribution in [2.45, 2.75) is 50.7 Å². The third-order valence-electron chi connectivity index (χ3n) is 4.74. The van der Waals surface area contributed by atoms with Crippen LogP contribution in [0.15, 0.2) is 18.2 Å². The van der Waals surface area contributed by atoms with Crippen LogP contribution >= 0.6 is 0 Å². The van der Waals surface area contributed by atoms with Crippen molar-refractivity contribution in [1.82, 2.24) is 0 Å². The van der Waals surface area contributed by atoms with E-state index in [1.165, 1.54) is 0 Å². The first-order valence-corrected chi connectivity index (χ1v) is 7.88. The zero-order valence-electron chi connectivity index (χ0n) is 12.5. The SMILES string of the molecule is CC1CCC(O)(C(O)c2ccc3c(c2)OCCCO3)CC1. The summed E-state index contributed by atoms with van der Waals surface area (Å²) in [5, 5.41) is 21.4. The number of benzene rings is 1. The molecule has 2 aliphatic rings. The summed E-state index contributed by atoms with van der Waals surface area (Å²) in [4.78, 5) is 0. The third-order valence-corrected chi connectivity index (χ3v) is 4.74. The van der Waals surface area contributed by atoms with Crippen molar-refractivity contribution in [3.05, 3.63) is 23.8 Å². The highest BCUT2D eigenvalue weighted by Crippen LogP contribution is 2.42. The molecule has 1 atom stereocenters. The first-order chi connectivity index (χ1) is 10.1. The zero-order chi connectivity index (χ0) is 14.9. The molecule has 1 saturated carbocycles. The van der Waals surface area contributed by atoms with Gasteiger partial charge in [-0.05, 0) is 49.3 Å². The van der Waals surface area contributed by atoms with Crippen LogP contribution < -0.4 is 9.47 Å². The molecule has 0 radical (unpaired) electrons. The Morgan fingerprint density at radius 3 is 2.52 bits per heavy atom. The van der Waals surface area contributed by atoms with Gasteiger partial charge in [0.25, 0.3) is 0 Å². The summed E-state index contributed by atoms with van der Waals surface area (Å²) in [6.07, 6.45) is 3.18. The van der Waals surface area contributed by atoms with Crippen molar-refractivity contribution in [3.8, 4) is 11.5 Å². The van der Waals surface area contributed by atoms with Crippen LogP contribution in [0.2, 0.25) is 0 Å². The minimum absolute atomic E-state index is 0.619. The van der Waals surface area contributed by atoms with E-state index in [0.29, 0.717) is 49.0 Å². The minimum atomic E-state index is -1.02. The molecule has 1 aliphatic heterocycles. The lowest BCUT2D eigenvalue weighted by atomic mass is 9.75. The molecule has 4 nitrogen and oxygen atoms in total. The van der Waals surface area contributed by atoms with E-state index in [4.69, 9.17) is 9.47 Å². The maximum atomic E-state index is 10.7. The van der Waals surface area contributed by atoms with E-state index in [2.05, 4.69) is 6.92 Å². The van der Waals surface area contributed by atoms with Gasteiger partial charge in [-0.1, -0.05) is 13.0 Å². The smallest absolute Gasteiger partial charge is 0.161 e. The van der Waals surface area contributed by atoms with Gasteiger partial charge >= 0.3 is 0 Å². The molecule has 21 heavy (non-hydrogen) atoms. The van der Waals surface area contributed by atoms with Gasteiger partial charge in [-0.3, -0.25) is 0 Å². The van der Waals surface area contributed by atoms with Crippen LogP contribution in [-0.4, -0.2) is 29.0 Å². The maximum Gasteiger partial charge on any atom is 0.161 e. The average Bonchev–Trinajstić information content (AvgIpc) is 2.74. The molecule has 116 valence electrons. The maximum absolute atomic E-state index is 10.7. The van der Waals surface area contributed by atoms with Crippen LogP contribution in [0.1, 0.15) is 50.7 Å². The van der Waals surface area contributed by atoms with Crippen molar-refractivity contribution in [1.29, 1.82) is 0 Å². The molecule has 0 spiro atoms. The highest BCUT2D eigenvalue weighted by atomic mass is 16.5. The first-order valence-electron chi connectivity index (χ1n) is 7.88. The second kappa shape index (κ2) is 5.85. The molecule has 3 rings (SSSR count). The van der Waals surface area contributed by atoms with E-state index in [9.17, 15) is 10.2 Å². The second-order valence-electron chi connectivity index (χ2n) is 6.45. The Balaban J connectivity index is 1.81. The van der Waals surface area contributed by atoms with Crippen molar-refractivity contribution in [2.24, 2.45) is 5.92 Å². The summed E-state index contributed by atoms with van der Waals surface area (Å²) in [6.45, 7) is 3.46. The predicted molar refractivity (Wildman–Crippen MR) is 79.6 cm³/mol. The summed E-state index contributed by atoms with van der Waals surface area (Å²) in [7, 11) is 0. The Labute approximate surface area is 125 Å². The summed E-state index contributed by atoms with van der Waals surface area (Å²) >= 11 is 0. The molecule has 0 aromatic heterocycles. The van der Waals surface area contributed by atoms with E-state index in [0.717, 1.165) is 19.3 Å². The zero-order valence-corrected chi connectivity index (χ0v) is 12.5. The van der Waals surface area contributed by atoms with Crippen LogP contribution in [0.4, 0.5) is 0 Å². The third kappa shape index (κ3) is 3.01. The van der Waals surface area contributed by atoms with E-state index >= 15 is 0 Å². The fraction of sp³-hybridized carbons (Fsp3) is 0.647. The molecule has 4 heteroatoms. The predicted octanol–water partition coefficient (Wildman–Crippen LogP) is 2.82. The quantitative estimate of drug-likeness (QED) is 0.880. The van der Waals surface area contributed by atoms with Crippen LogP contribution in [0.5, 0.6) is 11.5 Å². The van der Waals surface area contributed by atoms with Gasteiger partial charge in [0.15, 0.2) is 11.5 Å². The Kier molecular flexibility index (Phi) is 4.09. The molecule has 1 aromatic rings. The van der Waals surface area contributed by atoms with Crippen molar-refractivity contribution in [2.75, 3.05) is 13.2 Å². The van der Waals surface area contributed by atoms with Gasteiger partial charge in [0.1, 0.15) is 6.10 Å². The molecule has 0 bridgehead atoms. The topological polar surface area (TPSA) is 58.9 Å². The van der Waals surface area contributed by atoms with E-state index in [1.54, 1.807) is 6.07 Å². The molecular weight excluding hydrogens is 268 g/mol. The Morgan fingerprint density at radius 1 is 1.14 bits per heavy atom. The largest absolute Gasteiger partial charge is 0.490 e. The number of aliphatic hydroxyl groups is 2. The van der Waals surface area contributed by atoms with Crippen LogP contribution in [0, 0.1) is 5.92 Å². The minimum Gasteiger partial charge on any atom is -0.490 e. The number of fused-ring (bicyclic) bond motifs is 1. The number of aliphatic hydroxyl groups excluding tert-OH is 1. The van der Waals surface area contributed by atoms with E-state index in [1.807, 2.05) is 12.1 Å². The van der Waals surface area contributed by atoms with E-state index in [-0.39, 0.29) is 0 Å².